The first kappa shape index (κ1) is 14.7. The molecular weight excluding hydrogens is 252 g/mol. The first-order chi connectivity index (χ1) is 9.49. The normalized spacial score (nSPS) is 23.1. The predicted octanol–water partition coefficient (Wildman–Crippen LogP) is 3.13. The highest BCUT2D eigenvalue weighted by molar-refractivity contribution is 5.69. The number of ether oxygens (including phenoxy) is 1. The van der Waals surface area contributed by atoms with Crippen LogP contribution in [-0.4, -0.2) is 42.3 Å². The number of piperazine rings is 1. The lowest BCUT2D eigenvalue weighted by molar-refractivity contribution is 0.0469. The lowest BCUT2D eigenvalue weighted by atomic mass is 10.1. The largest absolute Gasteiger partial charge is 0.447 e. The maximum atomic E-state index is 12.2. The summed E-state index contributed by atoms with van der Waals surface area (Å²) in [6.45, 7) is 9.59. The van der Waals surface area contributed by atoms with Crippen LogP contribution in [0.4, 0.5) is 10.5 Å². The molecule has 4 heteroatoms. The van der Waals surface area contributed by atoms with E-state index in [1.165, 1.54) is 5.69 Å². The van der Waals surface area contributed by atoms with Crippen LogP contribution in [0.2, 0.25) is 0 Å². The summed E-state index contributed by atoms with van der Waals surface area (Å²) in [6, 6.07) is 10.6. The van der Waals surface area contributed by atoms with Gasteiger partial charge in [-0.2, -0.15) is 0 Å². The molecule has 0 aromatic heterocycles. The van der Waals surface area contributed by atoms with Crippen LogP contribution >= 0.6 is 0 Å². The number of para-hydroxylation sites is 1. The van der Waals surface area contributed by atoms with Crippen LogP contribution in [0.5, 0.6) is 0 Å². The minimum atomic E-state index is -0.201. The Hall–Kier alpha value is -1.71. The molecule has 0 spiro atoms. The Kier molecular flexibility index (Phi) is 4.53. The molecule has 20 heavy (non-hydrogen) atoms. The summed E-state index contributed by atoms with van der Waals surface area (Å²) in [5.41, 5.74) is 1.21. The molecule has 0 N–H and O–H groups in total. The second kappa shape index (κ2) is 6.16. The number of hydrogen-bond acceptors (Lipinski definition) is 3. The first-order valence-corrected chi connectivity index (χ1v) is 7.28. The van der Waals surface area contributed by atoms with Crippen molar-refractivity contribution in [3.05, 3.63) is 30.3 Å². The first-order valence-electron chi connectivity index (χ1n) is 7.28. The third kappa shape index (κ3) is 3.24. The maximum absolute atomic E-state index is 12.2. The van der Waals surface area contributed by atoms with Crippen molar-refractivity contribution < 1.29 is 9.53 Å². The molecule has 2 unspecified atom stereocenters. The standard InChI is InChI=1S/C16H24N2O2/c1-12(2)20-16(19)18-13(3)10-17(11-14(18)4)15-8-6-5-7-9-15/h5-9,12-14H,10-11H2,1-4H3. The number of rotatable bonds is 2. The van der Waals surface area contributed by atoms with Gasteiger partial charge in [-0.25, -0.2) is 4.79 Å². The molecule has 0 bridgehead atoms. The van der Waals surface area contributed by atoms with Crippen molar-refractivity contribution in [1.29, 1.82) is 0 Å². The van der Waals surface area contributed by atoms with E-state index in [4.69, 9.17) is 4.74 Å². The molecule has 1 aliphatic rings. The zero-order valence-corrected chi connectivity index (χ0v) is 12.7. The van der Waals surface area contributed by atoms with E-state index < -0.39 is 0 Å². The van der Waals surface area contributed by atoms with E-state index in [1.54, 1.807) is 0 Å². The summed E-state index contributed by atoms with van der Waals surface area (Å²) < 4.78 is 5.34. The van der Waals surface area contributed by atoms with Crippen LogP contribution in [0.1, 0.15) is 27.7 Å². The van der Waals surface area contributed by atoms with Crippen LogP contribution in [0.3, 0.4) is 0 Å². The molecule has 1 saturated heterocycles. The van der Waals surface area contributed by atoms with E-state index in [2.05, 4.69) is 30.9 Å². The van der Waals surface area contributed by atoms with Gasteiger partial charge in [0.05, 0.1) is 18.2 Å². The number of carbonyl (C=O) groups is 1. The van der Waals surface area contributed by atoms with Crippen LogP contribution in [0.15, 0.2) is 30.3 Å². The summed E-state index contributed by atoms with van der Waals surface area (Å²) in [4.78, 5) is 16.3. The quantitative estimate of drug-likeness (QED) is 0.832. The second-order valence-corrected chi connectivity index (χ2v) is 5.78. The fourth-order valence-electron chi connectivity index (χ4n) is 2.79. The van der Waals surface area contributed by atoms with Crippen molar-refractivity contribution in [1.82, 2.24) is 4.90 Å². The SMILES string of the molecule is CC(C)OC(=O)N1C(C)CN(c2ccccc2)CC1C. The van der Waals surface area contributed by atoms with Gasteiger partial charge in [-0.05, 0) is 39.8 Å². The zero-order chi connectivity index (χ0) is 14.7. The Balaban J connectivity index is 2.07. The molecule has 0 saturated carbocycles. The Morgan fingerprint density at radius 2 is 1.70 bits per heavy atom. The topological polar surface area (TPSA) is 32.8 Å². The Morgan fingerprint density at radius 3 is 2.20 bits per heavy atom. The summed E-state index contributed by atoms with van der Waals surface area (Å²) in [7, 11) is 0. The lowest BCUT2D eigenvalue weighted by Crippen LogP contribution is -2.59. The van der Waals surface area contributed by atoms with Crippen molar-refractivity contribution in [3.63, 3.8) is 0 Å². The Bertz CT molecular complexity index is 435. The van der Waals surface area contributed by atoms with Crippen LogP contribution in [-0.2, 0) is 4.74 Å². The van der Waals surface area contributed by atoms with Crippen LogP contribution < -0.4 is 4.90 Å². The number of nitrogens with zero attached hydrogens (tertiary/aromatic N) is 2. The fraction of sp³-hybridized carbons (Fsp3) is 0.562. The second-order valence-electron chi connectivity index (χ2n) is 5.78. The highest BCUT2D eigenvalue weighted by Crippen LogP contribution is 2.23. The van der Waals surface area contributed by atoms with Gasteiger partial charge in [0, 0.05) is 18.8 Å². The molecule has 1 aliphatic heterocycles. The van der Waals surface area contributed by atoms with Crippen molar-refractivity contribution in [2.45, 2.75) is 45.9 Å². The van der Waals surface area contributed by atoms with Gasteiger partial charge in [-0.3, -0.25) is 4.90 Å². The Morgan fingerprint density at radius 1 is 1.15 bits per heavy atom. The number of amides is 1. The van der Waals surface area contributed by atoms with E-state index in [0.717, 1.165) is 13.1 Å². The number of benzene rings is 1. The zero-order valence-electron chi connectivity index (χ0n) is 12.7. The molecule has 0 aliphatic carbocycles. The molecule has 4 nitrogen and oxygen atoms in total. The highest BCUT2D eigenvalue weighted by atomic mass is 16.6. The van der Waals surface area contributed by atoms with Crippen molar-refractivity contribution in [2.75, 3.05) is 18.0 Å². The van der Waals surface area contributed by atoms with Crippen molar-refractivity contribution in [2.24, 2.45) is 0 Å². The minimum absolute atomic E-state index is 0.0750. The van der Waals surface area contributed by atoms with Gasteiger partial charge in [-0.1, -0.05) is 18.2 Å². The summed E-state index contributed by atoms with van der Waals surface area (Å²) in [6.07, 6.45) is -0.276. The van der Waals surface area contributed by atoms with Gasteiger partial charge in [0.2, 0.25) is 0 Å². The molecule has 1 heterocycles. The van der Waals surface area contributed by atoms with Crippen LogP contribution in [0, 0.1) is 0 Å². The van der Waals surface area contributed by atoms with E-state index in [1.807, 2.05) is 36.9 Å². The van der Waals surface area contributed by atoms with E-state index >= 15 is 0 Å². The molecule has 110 valence electrons. The average Bonchev–Trinajstić information content (AvgIpc) is 2.38. The summed E-state index contributed by atoms with van der Waals surface area (Å²) in [5, 5.41) is 0. The van der Waals surface area contributed by atoms with E-state index in [0.29, 0.717) is 0 Å². The van der Waals surface area contributed by atoms with Gasteiger partial charge in [0.1, 0.15) is 0 Å². The molecule has 1 aromatic rings. The molecular formula is C16H24N2O2. The minimum Gasteiger partial charge on any atom is -0.447 e. The molecule has 2 atom stereocenters. The Labute approximate surface area is 121 Å². The average molecular weight is 276 g/mol. The lowest BCUT2D eigenvalue weighted by Gasteiger charge is -2.44. The van der Waals surface area contributed by atoms with Gasteiger partial charge >= 0.3 is 6.09 Å². The van der Waals surface area contributed by atoms with Crippen molar-refractivity contribution in [3.8, 4) is 0 Å². The molecule has 1 fully saturated rings. The number of anilines is 1. The number of hydrogen-bond donors (Lipinski definition) is 0. The smallest absolute Gasteiger partial charge is 0.410 e. The highest BCUT2D eigenvalue weighted by Gasteiger charge is 2.34. The van der Waals surface area contributed by atoms with Gasteiger partial charge in [-0.15, -0.1) is 0 Å². The van der Waals surface area contributed by atoms with E-state index in [-0.39, 0.29) is 24.3 Å². The third-order valence-corrected chi connectivity index (χ3v) is 3.59. The monoisotopic (exact) mass is 276 g/mol. The predicted molar refractivity (Wildman–Crippen MR) is 81.0 cm³/mol. The van der Waals surface area contributed by atoms with Gasteiger partial charge in [0.25, 0.3) is 0 Å². The third-order valence-electron chi connectivity index (χ3n) is 3.59. The fourth-order valence-corrected chi connectivity index (χ4v) is 2.79. The maximum Gasteiger partial charge on any atom is 0.410 e. The van der Waals surface area contributed by atoms with Crippen LogP contribution in [0.25, 0.3) is 0 Å². The summed E-state index contributed by atoms with van der Waals surface area (Å²) in [5.74, 6) is 0. The van der Waals surface area contributed by atoms with Gasteiger partial charge in [0.15, 0.2) is 0 Å². The molecule has 2 rings (SSSR count). The van der Waals surface area contributed by atoms with E-state index in [9.17, 15) is 4.79 Å². The molecule has 1 aromatic carbocycles. The summed E-state index contributed by atoms with van der Waals surface area (Å²) >= 11 is 0. The molecule has 1 amide bonds. The number of carbonyl (C=O) groups excluding carboxylic acids is 1. The molecule has 0 radical (unpaired) electrons. The van der Waals surface area contributed by atoms with Crippen molar-refractivity contribution >= 4 is 11.8 Å². The van der Waals surface area contributed by atoms with Gasteiger partial charge < -0.3 is 9.64 Å².